The molecular formula is C18H18N4O4S. The summed E-state index contributed by atoms with van der Waals surface area (Å²) in [4.78, 5) is 42.0. The van der Waals surface area contributed by atoms with Gasteiger partial charge in [0.25, 0.3) is 11.5 Å². The van der Waals surface area contributed by atoms with Gasteiger partial charge in [-0.15, -0.1) is 11.3 Å². The number of hydrogen-bond donors (Lipinski definition) is 2. The summed E-state index contributed by atoms with van der Waals surface area (Å²) in [6.07, 6.45) is 1.30. The number of aromatic nitrogens is 2. The van der Waals surface area contributed by atoms with E-state index in [2.05, 4.69) is 10.3 Å². The van der Waals surface area contributed by atoms with Crippen LogP contribution in [0.25, 0.3) is 10.2 Å². The van der Waals surface area contributed by atoms with E-state index in [4.69, 9.17) is 10.5 Å². The van der Waals surface area contributed by atoms with Crippen molar-refractivity contribution >= 4 is 39.1 Å². The third-order valence-electron chi connectivity index (χ3n) is 4.26. The molecule has 0 radical (unpaired) electrons. The highest BCUT2D eigenvalue weighted by Crippen LogP contribution is 2.27. The van der Waals surface area contributed by atoms with E-state index in [0.717, 1.165) is 11.3 Å². The summed E-state index contributed by atoms with van der Waals surface area (Å²) in [5.74, 6) is -0.493. The first-order valence-electron chi connectivity index (χ1n) is 8.09. The fourth-order valence-electron chi connectivity index (χ4n) is 2.76. The molecule has 2 heterocycles. The molecule has 0 bridgehead atoms. The van der Waals surface area contributed by atoms with Gasteiger partial charge in [-0.2, -0.15) is 0 Å². The van der Waals surface area contributed by atoms with Crippen molar-refractivity contribution in [1.29, 1.82) is 0 Å². The monoisotopic (exact) mass is 386 g/mol. The van der Waals surface area contributed by atoms with Gasteiger partial charge in [-0.1, -0.05) is 12.1 Å². The molecule has 140 valence electrons. The standard InChI is InChI=1S/C18H18N4O4S/c1-9-13-17(27-14(9)15(19)23)20-8-22(18(13)25)10(2)16(24)21-11-6-4-5-7-12(11)26-3/h4-8,10H,1-3H3,(H2,19,23)(H,21,24). The second-order valence-corrected chi connectivity index (χ2v) is 6.92. The minimum absolute atomic E-state index is 0.290. The molecule has 0 spiro atoms. The summed E-state index contributed by atoms with van der Waals surface area (Å²) >= 11 is 1.07. The third-order valence-corrected chi connectivity index (χ3v) is 5.48. The predicted octanol–water partition coefficient (Wildman–Crippen LogP) is 2.07. The van der Waals surface area contributed by atoms with Crippen LogP contribution in [0.1, 0.15) is 28.2 Å². The van der Waals surface area contributed by atoms with Gasteiger partial charge in [-0.05, 0) is 31.5 Å². The first-order valence-corrected chi connectivity index (χ1v) is 8.90. The van der Waals surface area contributed by atoms with Crippen molar-refractivity contribution in [3.63, 3.8) is 0 Å². The number of para-hydroxylation sites is 2. The molecule has 0 aliphatic rings. The van der Waals surface area contributed by atoms with Crippen LogP contribution >= 0.6 is 11.3 Å². The van der Waals surface area contributed by atoms with Gasteiger partial charge in [0, 0.05) is 0 Å². The van der Waals surface area contributed by atoms with Crippen molar-refractivity contribution in [3.05, 3.63) is 51.4 Å². The number of carbonyl (C=O) groups is 2. The number of hydrogen-bond acceptors (Lipinski definition) is 6. The Labute approximate surface area is 158 Å². The summed E-state index contributed by atoms with van der Waals surface area (Å²) in [5.41, 5.74) is 5.93. The maximum absolute atomic E-state index is 12.9. The first kappa shape index (κ1) is 18.6. The van der Waals surface area contributed by atoms with Gasteiger partial charge in [0.15, 0.2) is 0 Å². The molecule has 0 aliphatic carbocycles. The van der Waals surface area contributed by atoms with E-state index in [1.54, 1.807) is 38.1 Å². The largest absolute Gasteiger partial charge is 0.495 e. The van der Waals surface area contributed by atoms with Crippen LogP contribution in [0.2, 0.25) is 0 Å². The number of ether oxygens (including phenoxy) is 1. The predicted molar refractivity (Wildman–Crippen MR) is 103 cm³/mol. The first-order chi connectivity index (χ1) is 12.8. The van der Waals surface area contributed by atoms with Gasteiger partial charge in [0.05, 0.1) is 29.4 Å². The maximum Gasteiger partial charge on any atom is 0.263 e. The van der Waals surface area contributed by atoms with Crippen LogP contribution in [-0.2, 0) is 4.79 Å². The fourth-order valence-corrected chi connectivity index (χ4v) is 3.75. The van der Waals surface area contributed by atoms with Gasteiger partial charge < -0.3 is 15.8 Å². The number of aryl methyl sites for hydroxylation is 1. The Morgan fingerprint density at radius 3 is 2.70 bits per heavy atom. The summed E-state index contributed by atoms with van der Waals surface area (Å²) in [6, 6.07) is 6.16. The Kier molecular flexibility index (Phi) is 4.95. The molecule has 3 N–H and O–H groups in total. The Morgan fingerprint density at radius 1 is 1.33 bits per heavy atom. The fraction of sp³-hybridized carbons (Fsp3) is 0.222. The van der Waals surface area contributed by atoms with Crippen molar-refractivity contribution in [2.24, 2.45) is 5.73 Å². The van der Waals surface area contributed by atoms with E-state index < -0.39 is 23.4 Å². The molecule has 9 heteroatoms. The van der Waals surface area contributed by atoms with Crippen molar-refractivity contribution < 1.29 is 14.3 Å². The number of nitrogens with two attached hydrogens (primary N) is 1. The summed E-state index contributed by atoms with van der Waals surface area (Å²) < 4.78 is 6.45. The number of thiophene rings is 1. The van der Waals surface area contributed by atoms with Gasteiger partial charge in [-0.3, -0.25) is 19.0 Å². The van der Waals surface area contributed by atoms with E-state index in [1.807, 2.05) is 0 Å². The number of carbonyl (C=O) groups excluding carboxylic acids is 2. The average Bonchev–Trinajstić information content (AvgIpc) is 2.99. The molecule has 1 atom stereocenters. The smallest absolute Gasteiger partial charge is 0.263 e. The Bertz CT molecular complexity index is 1100. The van der Waals surface area contributed by atoms with Crippen LogP contribution in [0, 0.1) is 6.92 Å². The lowest BCUT2D eigenvalue weighted by Crippen LogP contribution is -2.31. The van der Waals surface area contributed by atoms with Crippen molar-refractivity contribution in [1.82, 2.24) is 9.55 Å². The summed E-state index contributed by atoms with van der Waals surface area (Å²) in [5, 5.41) is 3.05. The number of methoxy groups -OCH3 is 1. The van der Waals surface area contributed by atoms with E-state index in [0.29, 0.717) is 32.1 Å². The van der Waals surface area contributed by atoms with Gasteiger partial charge in [-0.25, -0.2) is 4.98 Å². The highest BCUT2D eigenvalue weighted by Gasteiger charge is 2.22. The molecule has 2 amide bonds. The average molecular weight is 386 g/mol. The van der Waals surface area contributed by atoms with Crippen molar-refractivity contribution in [2.75, 3.05) is 12.4 Å². The number of nitrogens with zero attached hydrogens (tertiary/aromatic N) is 2. The number of anilines is 1. The molecule has 0 aliphatic heterocycles. The lowest BCUT2D eigenvalue weighted by Gasteiger charge is -2.16. The molecule has 0 fully saturated rings. The number of nitrogens with one attached hydrogen (secondary N) is 1. The van der Waals surface area contributed by atoms with Crippen LogP contribution < -0.4 is 21.3 Å². The summed E-state index contributed by atoms with van der Waals surface area (Å²) in [6.45, 7) is 3.24. The van der Waals surface area contributed by atoms with Crippen molar-refractivity contribution in [2.45, 2.75) is 19.9 Å². The van der Waals surface area contributed by atoms with E-state index in [-0.39, 0.29) is 0 Å². The molecule has 2 aromatic heterocycles. The van der Waals surface area contributed by atoms with Crippen LogP contribution in [0.15, 0.2) is 35.4 Å². The molecular weight excluding hydrogens is 368 g/mol. The molecule has 3 aromatic rings. The van der Waals surface area contributed by atoms with E-state index in [9.17, 15) is 14.4 Å². The topological polar surface area (TPSA) is 116 Å². The minimum Gasteiger partial charge on any atom is -0.495 e. The van der Waals surface area contributed by atoms with Crippen molar-refractivity contribution in [3.8, 4) is 5.75 Å². The molecule has 0 saturated carbocycles. The van der Waals surface area contributed by atoms with Gasteiger partial charge in [0.1, 0.15) is 16.6 Å². The Balaban J connectivity index is 1.98. The number of fused-ring (bicyclic) bond motifs is 1. The Morgan fingerprint density at radius 2 is 2.04 bits per heavy atom. The molecule has 3 rings (SSSR count). The zero-order valence-electron chi connectivity index (χ0n) is 15.0. The van der Waals surface area contributed by atoms with Gasteiger partial charge >= 0.3 is 0 Å². The van der Waals surface area contributed by atoms with Crippen LogP contribution in [0.3, 0.4) is 0 Å². The van der Waals surface area contributed by atoms with E-state index >= 15 is 0 Å². The number of benzene rings is 1. The highest BCUT2D eigenvalue weighted by molar-refractivity contribution is 7.20. The second kappa shape index (κ2) is 7.20. The molecule has 1 aromatic carbocycles. The van der Waals surface area contributed by atoms with Gasteiger partial charge in [0.2, 0.25) is 5.91 Å². The van der Waals surface area contributed by atoms with E-state index in [1.165, 1.54) is 18.0 Å². The SMILES string of the molecule is COc1ccccc1NC(=O)C(C)n1cnc2sc(C(N)=O)c(C)c2c1=O. The Hall–Kier alpha value is -3.20. The zero-order chi connectivity index (χ0) is 19.7. The normalized spacial score (nSPS) is 12.0. The molecule has 27 heavy (non-hydrogen) atoms. The lowest BCUT2D eigenvalue weighted by atomic mass is 10.2. The highest BCUT2D eigenvalue weighted by atomic mass is 32.1. The number of primary amides is 1. The molecule has 0 saturated heterocycles. The number of rotatable bonds is 5. The molecule has 8 nitrogen and oxygen atoms in total. The number of amides is 2. The third kappa shape index (κ3) is 3.28. The minimum atomic E-state index is -0.823. The van der Waals surface area contributed by atoms with Crippen LogP contribution in [-0.4, -0.2) is 28.5 Å². The second-order valence-electron chi connectivity index (χ2n) is 5.92. The maximum atomic E-state index is 12.9. The molecule has 1 unspecified atom stereocenters. The van der Waals surface area contributed by atoms with Crippen LogP contribution in [0.5, 0.6) is 5.75 Å². The lowest BCUT2D eigenvalue weighted by molar-refractivity contribution is -0.118. The quantitative estimate of drug-likeness (QED) is 0.696. The summed E-state index contributed by atoms with van der Waals surface area (Å²) in [7, 11) is 1.51. The zero-order valence-corrected chi connectivity index (χ0v) is 15.8. The van der Waals surface area contributed by atoms with Crippen LogP contribution in [0.4, 0.5) is 5.69 Å².